The summed E-state index contributed by atoms with van der Waals surface area (Å²) in [5.41, 5.74) is 0.486. The van der Waals surface area contributed by atoms with Crippen LogP contribution in [0.25, 0.3) is 0 Å². The number of hydrogen-bond donors (Lipinski definition) is 1. The first-order valence-corrected chi connectivity index (χ1v) is 14.7. The van der Waals surface area contributed by atoms with Gasteiger partial charge in [-0.3, -0.25) is 13.9 Å². The minimum atomic E-state index is -4.20. The van der Waals surface area contributed by atoms with Crippen molar-refractivity contribution < 1.29 is 27.1 Å². The van der Waals surface area contributed by atoms with Crippen LogP contribution >= 0.6 is 0 Å². The van der Waals surface area contributed by atoms with E-state index in [9.17, 15) is 22.4 Å². The number of benzene rings is 3. The van der Waals surface area contributed by atoms with Crippen LogP contribution < -0.4 is 14.4 Å². The molecule has 0 saturated heterocycles. The van der Waals surface area contributed by atoms with Crippen LogP contribution in [-0.4, -0.2) is 50.9 Å². The zero-order valence-electron chi connectivity index (χ0n) is 23.0. The summed E-state index contributed by atoms with van der Waals surface area (Å²) < 4.78 is 48.7. The first-order valence-electron chi connectivity index (χ1n) is 13.3. The van der Waals surface area contributed by atoms with Crippen LogP contribution in [0.15, 0.2) is 83.8 Å². The minimum absolute atomic E-state index is 0.0291. The third-order valence-electron chi connectivity index (χ3n) is 6.34. The Kier molecular flexibility index (Phi) is 11.1. The number of rotatable bonds is 14. The summed E-state index contributed by atoms with van der Waals surface area (Å²) >= 11 is 0. The van der Waals surface area contributed by atoms with Crippen LogP contribution in [0.1, 0.15) is 39.2 Å². The largest absolute Gasteiger partial charge is 0.494 e. The van der Waals surface area contributed by atoms with Gasteiger partial charge in [-0.1, -0.05) is 49.7 Å². The fourth-order valence-electron chi connectivity index (χ4n) is 4.05. The van der Waals surface area contributed by atoms with Crippen molar-refractivity contribution in [2.45, 2.75) is 51.1 Å². The van der Waals surface area contributed by atoms with Gasteiger partial charge in [0.25, 0.3) is 10.0 Å². The molecule has 0 bridgehead atoms. The number of ether oxygens (including phenoxy) is 1. The van der Waals surface area contributed by atoms with Crippen molar-refractivity contribution in [3.05, 3.63) is 90.2 Å². The molecule has 214 valence electrons. The number of para-hydroxylation sites is 1. The average molecular weight is 570 g/mol. The standard InChI is InChI=1S/C30H36FN3O5S/c1-4-6-20-32-30(36)23(3)33(21-24-12-10-11-15-28(24)31)29(35)22-34(25-13-8-7-9-14-25)40(37,38)27-18-16-26(17-19-27)39-5-2/h7-19,23H,4-6,20-22H2,1-3H3,(H,32,36). The Hall–Kier alpha value is -3.92. The quantitative estimate of drug-likeness (QED) is 0.283. The minimum Gasteiger partial charge on any atom is -0.494 e. The molecule has 0 aliphatic rings. The van der Waals surface area contributed by atoms with E-state index in [1.165, 1.54) is 35.2 Å². The molecule has 0 fully saturated rings. The van der Waals surface area contributed by atoms with E-state index in [0.717, 1.165) is 17.1 Å². The maximum Gasteiger partial charge on any atom is 0.264 e. The van der Waals surface area contributed by atoms with E-state index in [2.05, 4.69) is 5.32 Å². The number of hydrogen-bond acceptors (Lipinski definition) is 5. The average Bonchev–Trinajstić information content (AvgIpc) is 2.96. The summed E-state index contributed by atoms with van der Waals surface area (Å²) in [4.78, 5) is 28.0. The van der Waals surface area contributed by atoms with Crippen LogP contribution in [0.2, 0.25) is 0 Å². The zero-order valence-corrected chi connectivity index (χ0v) is 23.9. The van der Waals surface area contributed by atoms with Crippen molar-refractivity contribution in [3.8, 4) is 5.75 Å². The van der Waals surface area contributed by atoms with Gasteiger partial charge in [0.05, 0.1) is 17.2 Å². The van der Waals surface area contributed by atoms with Crippen LogP contribution in [0.5, 0.6) is 5.75 Å². The molecule has 40 heavy (non-hydrogen) atoms. The Morgan fingerprint density at radius 2 is 1.60 bits per heavy atom. The normalized spacial score (nSPS) is 11.9. The zero-order chi connectivity index (χ0) is 29.1. The Labute approximate surface area is 235 Å². The molecule has 0 aliphatic heterocycles. The van der Waals surface area contributed by atoms with Gasteiger partial charge in [0.15, 0.2) is 0 Å². The molecule has 1 atom stereocenters. The second-order valence-electron chi connectivity index (χ2n) is 9.19. The maximum absolute atomic E-state index is 14.6. The molecule has 1 unspecified atom stereocenters. The molecule has 3 aromatic rings. The summed E-state index contributed by atoms with van der Waals surface area (Å²) in [5, 5.41) is 2.81. The van der Waals surface area contributed by atoms with Crippen LogP contribution in [0, 0.1) is 5.82 Å². The van der Waals surface area contributed by atoms with Crippen molar-refractivity contribution in [2.75, 3.05) is 24.0 Å². The molecule has 3 aromatic carbocycles. The second-order valence-corrected chi connectivity index (χ2v) is 11.0. The lowest BCUT2D eigenvalue weighted by Gasteiger charge is -2.32. The number of amides is 2. The van der Waals surface area contributed by atoms with Gasteiger partial charge in [0.1, 0.15) is 24.2 Å². The number of halogens is 1. The maximum atomic E-state index is 14.6. The van der Waals surface area contributed by atoms with Crippen molar-refractivity contribution in [2.24, 2.45) is 0 Å². The Morgan fingerprint density at radius 1 is 0.950 bits per heavy atom. The Balaban J connectivity index is 1.97. The lowest BCUT2D eigenvalue weighted by atomic mass is 10.1. The topological polar surface area (TPSA) is 96.0 Å². The Morgan fingerprint density at radius 3 is 2.23 bits per heavy atom. The summed E-state index contributed by atoms with van der Waals surface area (Å²) in [6.45, 7) is 5.43. The molecular formula is C30H36FN3O5S. The molecule has 8 nitrogen and oxygen atoms in total. The van der Waals surface area contributed by atoms with E-state index in [1.807, 2.05) is 13.8 Å². The predicted octanol–water partition coefficient (Wildman–Crippen LogP) is 4.75. The van der Waals surface area contributed by atoms with E-state index in [1.54, 1.807) is 55.5 Å². The molecular weight excluding hydrogens is 533 g/mol. The summed E-state index contributed by atoms with van der Waals surface area (Å²) in [6.07, 6.45) is 1.64. The van der Waals surface area contributed by atoms with E-state index >= 15 is 0 Å². The monoisotopic (exact) mass is 569 g/mol. The molecule has 0 spiro atoms. The van der Waals surface area contributed by atoms with Crippen molar-refractivity contribution in [1.29, 1.82) is 0 Å². The van der Waals surface area contributed by atoms with Gasteiger partial charge in [-0.15, -0.1) is 0 Å². The van der Waals surface area contributed by atoms with Crippen LogP contribution in [-0.2, 0) is 26.2 Å². The van der Waals surface area contributed by atoms with Gasteiger partial charge in [-0.05, 0) is 62.7 Å². The molecule has 0 radical (unpaired) electrons. The highest BCUT2D eigenvalue weighted by Gasteiger charge is 2.32. The van der Waals surface area contributed by atoms with Crippen molar-refractivity contribution in [1.82, 2.24) is 10.2 Å². The van der Waals surface area contributed by atoms with Gasteiger partial charge in [-0.2, -0.15) is 0 Å². The molecule has 0 aliphatic carbocycles. The lowest BCUT2D eigenvalue weighted by molar-refractivity contribution is -0.139. The fourth-order valence-corrected chi connectivity index (χ4v) is 5.47. The van der Waals surface area contributed by atoms with Gasteiger partial charge in [-0.25, -0.2) is 12.8 Å². The summed E-state index contributed by atoms with van der Waals surface area (Å²) in [5.74, 6) is -1.07. The molecule has 2 amide bonds. The fraction of sp³-hybridized carbons (Fsp3) is 0.333. The molecule has 10 heteroatoms. The number of carbonyl (C=O) groups is 2. The number of sulfonamides is 1. The summed E-state index contributed by atoms with van der Waals surface area (Å²) in [7, 11) is -4.20. The smallest absolute Gasteiger partial charge is 0.264 e. The van der Waals surface area contributed by atoms with Gasteiger partial charge < -0.3 is 15.0 Å². The van der Waals surface area contributed by atoms with E-state index in [0.29, 0.717) is 18.9 Å². The molecule has 3 rings (SSSR count). The first kappa shape index (κ1) is 30.6. The van der Waals surface area contributed by atoms with E-state index in [4.69, 9.17) is 4.74 Å². The number of nitrogens with one attached hydrogen (secondary N) is 1. The van der Waals surface area contributed by atoms with Gasteiger partial charge in [0, 0.05) is 18.7 Å². The number of anilines is 1. The highest BCUT2D eigenvalue weighted by atomic mass is 32.2. The first-order chi connectivity index (χ1) is 19.2. The second kappa shape index (κ2) is 14.5. The molecule has 0 aromatic heterocycles. The van der Waals surface area contributed by atoms with E-state index < -0.39 is 40.2 Å². The highest BCUT2D eigenvalue weighted by molar-refractivity contribution is 7.92. The number of carbonyl (C=O) groups excluding carboxylic acids is 2. The molecule has 0 saturated carbocycles. The van der Waals surface area contributed by atoms with Crippen LogP contribution in [0.4, 0.5) is 10.1 Å². The lowest BCUT2D eigenvalue weighted by Crippen LogP contribution is -2.51. The number of unbranched alkanes of at least 4 members (excludes halogenated alkanes) is 1. The van der Waals surface area contributed by atoms with Crippen molar-refractivity contribution >= 4 is 27.5 Å². The third kappa shape index (κ3) is 7.81. The third-order valence-corrected chi connectivity index (χ3v) is 8.13. The van der Waals surface area contributed by atoms with Crippen molar-refractivity contribution in [3.63, 3.8) is 0 Å². The molecule has 0 heterocycles. The van der Waals surface area contributed by atoms with Gasteiger partial charge >= 0.3 is 0 Å². The van der Waals surface area contributed by atoms with E-state index in [-0.39, 0.29) is 22.7 Å². The summed E-state index contributed by atoms with van der Waals surface area (Å²) in [6, 6.07) is 19.2. The molecule has 1 N–H and O–H groups in total. The van der Waals surface area contributed by atoms with Crippen LogP contribution in [0.3, 0.4) is 0 Å². The van der Waals surface area contributed by atoms with Gasteiger partial charge in [0.2, 0.25) is 11.8 Å². The Bertz CT molecular complexity index is 1370. The number of nitrogens with zero attached hydrogens (tertiary/aromatic N) is 2. The SMILES string of the molecule is CCCCNC(=O)C(C)N(Cc1ccccc1F)C(=O)CN(c1ccccc1)S(=O)(=O)c1ccc(OCC)cc1. The predicted molar refractivity (Wildman–Crippen MR) is 153 cm³/mol. The highest BCUT2D eigenvalue weighted by Crippen LogP contribution is 2.26.